The topological polar surface area (TPSA) is 52.0 Å². The van der Waals surface area contributed by atoms with Gasteiger partial charge < -0.3 is 10.2 Å². The van der Waals surface area contributed by atoms with E-state index in [1.165, 1.54) is 0 Å². The van der Waals surface area contributed by atoms with Crippen LogP contribution in [0.3, 0.4) is 0 Å². The van der Waals surface area contributed by atoms with Gasteiger partial charge in [-0.3, -0.25) is 0 Å². The summed E-state index contributed by atoms with van der Waals surface area (Å²) in [6.45, 7) is 2.01. The molecule has 0 saturated carbocycles. The van der Waals surface area contributed by atoms with Gasteiger partial charge in [-0.2, -0.15) is 5.26 Å². The fraction of sp³-hybridized carbons (Fsp3) is 0.294. The normalized spacial score (nSPS) is 15.5. The highest BCUT2D eigenvalue weighted by Gasteiger charge is 2.19. The molecule has 4 heteroatoms. The summed E-state index contributed by atoms with van der Waals surface area (Å²) in [6, 6.07) is 16.3. The smallest absolute Gasteiger partial charge is 0.128 e. The van der Waals surface area contributed by atoms with Crippen molar-refractivity contribution in [1.29, 1.82) is 5.26 Å². The Kier molecular flexibility index (Phi) is 4.02. The minimum absolute atomic E-state index is 0.457. The van der Waals surface area contributed by atoms with Crippen molar-refractivity contribution in [1.82, 2.24) is 4.98 Å². The largest absolute Gasteiger partial charge is 0.382 e. The van der Waals surface area contributed by atoms with E-state index in [9.17, 15) is 0 Å². The number of aromatic nitrogens is 1. The molecule has 0 bridgehead atoms. The van der Waals surface area contributed by atoms with Gasteiger partial charge in [0.1, 0.15) is 5.82 Å². The Morgan fingerprint density at radius 3 is 2.71 bits per heavy atom. The second-order valence-corrected chi connectivity index (χ2v) is 5.29. The van der Waals surface area contributed by atoms with E-state index in [0.29, 0.717) is 11.6 Å². The number of piperidine rings is 1. The SMILES string of the molecule is N#Cc1cccc(NC2CCN(c3ccccn3)CC2)c1. The third-order valence-corrected chi connectivity index (χ3v) is 3.83. The predicted octanol–water partition coefficient (Wildman–Crippen LogP) is 3.03. The lowest BCUT2D eigenvalue weighted by atomic mass is 10.0. The van der Waals surface area contributed by atoms with Gasteiger partial charge in [0, 0.05) is 31.0 Å². The quantitative estimate of drug-likeness (QED) is 0.937. The maximum atomic E-state index is 8.94. The van der Waals surface area contributed by atoms with E-state index in [-0.39, 0.29) is 0 Å². The molecule has 106 valence electrons. The number of rotatable bonds is 3. The maximum Gasteiger partial charge on any atom is 0.128 e. The number of hydrogen-bond acceptors (Lipinski definition) is 4. The van der Waals surface area contributed by atoms with E-state index in [1.807, 2.05) is 42.6 Å². The Hall–Kier alpha value is -2.54. The average Bonchev–Trinajstić information content (AvgIpc) is 2.56. The van der Waals surface area contributed by atoms with Gasteiger partial charge in [0.2, 0.25) is 0 Å². The first-order valence-corrected chi connectivity index (χ1v) is 7.28. The third-order valence-electron chi connectivity index (χ3n) is 3.83. The molecule has 0 aliphatic carbocycles. The van der Waals surface area contributed by atoms with Crippen molar-refractivity contribution in [2.45, 2.75) is 18.9 Å². The fourth-order valence-corrected chi connectivity index (χ4v) is 2.71. The molecular formula is C17H18N4. The number of nitriles is 1. The summed E-state index contributed by atoms with van der Waals surface area (Å²) in [5.74, 6) is 1.06. The summed E-state index contributed by atoms with van der Waals surface area (Å²) in [5.41, 5.74) is 1.73. The van der Waals surface area contributed by atoms with Gasteiger partial charge in [-0.25, -0.2) is 4.98 Å². The Bertz CT molecular complexity index is 625. The summed E-state index contributed by atoms with van der Waals surface area (Å²) in [5, 5.41) is 12.5. The van der Waals surface area contributed by atoms with Crippen LogP contribution in [-0.4, -0.2) is 24.1 Å². The highest BCUT2D eigenvalue weighted by molar-refractivity contribution is 5.50. The molecule has 2 heterocycles. The van der Waals surface area contributed by atoms with Crippen molar-refractivity contribution in [3.8, 4) is 6.07 Å². The lowest BCUT2D eigenvalue weighted by molar-refractivity contribution is 0.523. The monoisotopic (exact) mass is 278 g/mol. The average molecular weight is 278 g/mol. The van der Waals surface area contributed by atoms with Gasteiger partial charge in [0.15, 0.2) is 0 Å². The summed E-state index contributed by atoms with van der Waals surface area (Å²) in [7, 11) is 0. The van der Waals surface area contributed by atoms with Gasteiger partial charge >= 0.3 is 0 Å². The summed E-state index contributed by atoms with van der Waals surface area (Å²) in [4.78, 5) is 6.73. The van der Waals surface area contributed by atoms with Crippen LogP contribution in [0.4, 0.5) is 11.5 Å². The predicted molar refractivity (Wildman–Crippen MR) is 84.3 cm³/mol. The van der Waals surface area contributed by atoms with Crippen molar-refractivity contribution in [2.24, 2.45) is 0 Å². The van der Waals surface area contributed by atoms with Crippen molar-refractivity contribution in [3.63, 3.8) is 0 Å². The zero-order chi connectivity index (χ0) is 14.5. The number of nitrogens with zero attached hydrogens (tertiary/aromatic N) is 3. The molecule has 2 aromatic rings. The molecule has 3 rings (SSSR count). The molecule has 1 N–H and O–H groups in total. The lowest BCUT2D eigenvalue weighted by Crippen LogP contribution is -2.39. The molecule has 1 aliphatic heterocycles. The van der Waals surface area contributed by atoms with Crippen LogP contribution in [0.15, 0.2) is 48.7 Å². The molecule has 1 saturated heterocycles. The van der Waals surface area contributed by atoms with Crippen LogP contribution in [0.2, 0.25) is 0 Å². The van der Waals surface area contributed by atoms with E-state index >= 15 is 0 Å². The lowest BCUT2D eigenvalue weighted by Gasteiger charge is -2.33. The van der Waals surface area contributed by atoms with Gasteiger partial charge in [0.25, 0.3) is 0 Å². The first-order valence-electron chi connectivity index (χ1n) is 7.28. The third kappa shape index (κ3) is 3.32. The van der Waals surface area contributed by atoms with Gasteiger partial charge in [-0.05, 0) is 43.2 Å². The van der Waals surface area contributed by atoms with Gasteiger partial charge in [0.05, 0.1) is 11.6 Å². The summed E-state index contributed by atoms with van der Waals surface area (Å²) in [6.07, 6.45) is 3.99. The summed E-state index contributed by atoms with van der Waals surface area (Å²) >= 11 is 0. The second-order valence-electron chi connectivity index (χ2n) is 5.29. The van der Waals surface area contributed by atoms with Gasteiger partial charge in [-0.1, -0.05) is 12.1 Å². The Morgan fingerprint density at radius 2 is 2.00 bits per heavy atom. The Balaban J connectivity index is 1.57. The molecule has 1 aliphatic rings. The molecule has 0 atom stereocenters. The van der Waals surface area contributed by atoms with Crippen LogP contribution >= 0.6 is 0 Å². The molecule has 1 aromatic carbocycles. The molecule has 0 spiro atoms. The molecule has 21 heavy (non-hydrogen) atoms. The fourth-order valence-electron chi connectivity index (χ4n) is 2.71. The zero-order valence-corrected chi connectivity index (χ0v) is 11.9. The Morgan fingerprint density at radius 1 is 1.14 bits per heavy atom. The van der Waals surface area contributed by atoms with Crippen LogP contribution < -0.4 is 10.2 Å². The van der Waals surface area contributed by atoms with E-state index in [4.69, 9.17) is 5.26 Å². The number of anilines is 2. The van der Waals surface area contributed by atoms with Gasteiger partial charge in [-0.15, -0.1) is 0 Å². The number of hydrogen-bond donors (Lipinski definition) is 1. The number of nitrogens with one attached hydrogen (secondary N) is 1. The zero-order valence-electron chi connectivity index (χ0n) is 11.9. The molecule has 1 aromatic heterocycles. The number of pyridine rings is 1. The van der Waals surface area contributed by atoms with Crippen LogP contribution in [0.5, 0.6) is 0 Å². The van der Waals surface area contributed by atoms with Crippen LogP contribution in [0.25, 0.3) is 0 Å². The van der Waals surface area contributed by atoms with E-state index in [1.54, 1.807) is 0 Å². The van der Waals surface area contributed by atoms with Crippen molar-refractivity contribution in [3.05, 3.63) is 54.2 Å². The molecule has 1 fully saturated rings. The van der Waals surface area contributed by atoms with E-state index < -0.39 is 0 Å². The van der Waals surface area contributed by atoms with E-state index in [2.05, 4.69) is 27.3 Å². The highest BCUT2D eigenvalue weighted by Crippen LogP contribution is 2.20. The maximum absolute atomic E-state index is 8.94. The molecule has 0 amide bonds. The minimum atomic E-state index is 0.457. The first-order chi connectivity index (χ1) is 10.3. The van der Waals surface area contributed by atoms with Crippen LogP contribution in [0, 0.1) is 11.3 Å². The summed E-state index contributed by atoms with van der Waals surface area (Å²) < 4.78 is 0. The first kappa shape index (κ1) is 13.4. The minimum Gasteiger partial charge on any atom is -0.382 e. The Labute approximate surface area is 125 Å². The van der Waals surface area contributed by atoms with Crippen molar-refractivity contribution in [2.75, 3.05) is 23.3 Å². The highest BCUT2D eigenvalue weighted by atomic mass is 15.2. The molecular weight excluding hydrogens is 260 g/mol. The molecule has 4 nitrogen and oxygen atoms in total. The van der Waals surface area contributed by atoms with E-state index in [0.717, 1.165) is 37.4 Å². The molecule has 0 unspecified atom stereocenters. The van der Waals surface area contributed by atoms with Crippen LogP contribution in [-0.2, 0) is 0 Å². The van der Waals surface area contributed by atoms with Crippen molar-refractivity contribution >= 4 is 11.5 Å². The standard InChI is InChI=1S/C17H18N4/c18-13-14-4-3-5-16(12-14)20-15-7-10-21(11-8-15)17-6-1-2-9-19-17/h1-6,9,12,15,20H,7-8,10-11H2. The number of benzene rings is 1. The van der Waals surface area contributed by atoms with Crippen molar-refractivity contribution < 1.29 is 0 Å². The second kappa shape index (κ2) is 6.27. The molecule has 0 radical (unpaired) electrons. The van der Waals surface area contributed by atoms with Crippen LogP contribution in [0.1, 0.15) is 18.4 Å².